The van der Waals surface area contributed by atoms with Crippen LogP contribution in [0.4, 0.5) is 0 Å². The van der Waals surface area contributed by atoms with Crippen LogP contribution < -0.4 is 4.74 Å². The largest absolute Gasteiger partial charge is 0.496 e. The van der Waals surface area contributed by atoms with E-state index in [0.29, 0.717) is 5.92 Å². The van der Waals surface area contributed by atoms with Crippen molar-refractivity contribution in [2.24, 2.45) is 0 Å². The zero-order chi connectivity index (χ0) is 14.5. The Bertz CT molecular complexity index is 569. The second-order valence-electron chi connectivity index (χ2n) is 4.58. The first kappa shape index (κ1) is 15.9. The van der Waals surface area contributed by atoms with Crippen LogP contribution in [0.2, 0.25) is 5.02 Å². The van der Waals surface area contributed by atoms with Crippen molar-refractivity contribution in [3.8, 4) is 5.75 Å². The van der Waals surface area contributed by atoms with Gasteiger partial charge in [0.25, 0.3) is 0 Å². The molecule has 0 amide bonds. The first-order valence-electron chi connectivity index (χ1n) is 6.28. The second-order valence-corrected chi connectivity index (χ2v) is 6.51. The molecule has 1 nitrogen and oxygen atoms in total. The maximum absolute atomic E-state index is 5.94. The van der Waals surface area contributed by atoms with Crippen molar-refractivity contribution in [1.29, 1.82) is 0 Å². The Kier molecular flexibility index (Phi) is 5.94. The summed E-state index contributed by atoms with van der Waals surface area (Å²) in [7, 11) is 1.68. The van der Waals surface area contributed by atoms with E-state index in [4.69, 9.17) is 16.3 Å². The third-order valence-corrected chi connectivity index (χ3v) is 4.88. The van der Waals surface area contributed by atoms with Crippen LogP contribution in [0, 0.1) is 0 Å². The van der Waals surface area contributed by atoms with Gasteiger partial charge in [-0.05, 0) is 63.7 Å². The monoisotopic (exact) mass is 416 g/mol. The molecule has 2 aromatic carbocycles. The maximum atomic E-state index is 5.94. The van der Waals surface area contributed by atoms with Gasteiger partial charge in [0.15, 0.2) is 0 Å². The summed E-state index contributed by atoms with van der Waals surface area (Å²) in [6.45, 7) is 0. The fraction of sp³-hybridized carbons (Fsp3) is 0.250. The van der Waals surface area contributed by atoms with Crippen LogP contribution in [0.3, 0.4) is 0 Å². The first-order chi connectivity index (χ1) is 9.63. The number of hydrogen-bond donors (Lipinski definition) is 0. The van der Waals surface area contributed by atoms with Gasteiger partial charge in [0, 0.05) is 10.4 Å². The smallest absolute Gasteiger partial charge is 0.133 e. The van der Waals surface area contributed by atoms with Gasteiger partial charge in [0.05, 0.1) is 11.6 Å². The van der Waals surface area contributed by atoms with E-state index >= 15 is 0 Å². The summed E-state index contributed by atoms with van der Waals surface area (Å²) in [6, 6.07) is 14.3. The third-order valence-electron chi connectivity index (χ3n) is 3.23. The molecule has 0 aliphatic carbocycles. The van der Waals surface area contributed by atoms with E-state index in [-0.39, 0.29) is 0 Å². The van der Waals surface area contributed by atoms with Gasteiger partial charge in [-0.2, -0.15) is 0 Å². The highest BCUT2D eigenvalue weighted by molar-refractivity contribution is 9.10. The standard InChI is InChI=1S/C16H15Br2ClO/c1-20-16-7-2-11(9-15(16)18)8-13(10-17)12-3-5-14(19)6-4-12/h2-7,9,13H,8,10H2,1H3. The third kappa shape index (κ3) is 4.00. The summed E-state index contributed by atoms with van der Waals surface area (Å²) in [5.41, 5.74) is 2.57. The average molecular weight is 419 g/mol. The van der Waals surface area contributed by atoms with Gasteiger partial charge in [-0.1, -0.05) is 45.7 Å². The molecule has 0 saturated carbocycles. The predicted molar refractivity (Wildman–Crippen MR) is 92.4 cm³/mol. The van der Waals surface area contributed by atoms with Crippen LogP contribution in [0.5, 0.6) is 5.75 Å². The molecule has 1 unspecified atom stereocenters. The minimum atomic E-state index is 0.424. The number of alkyl halides is 1. The molecule has 20 heavy (non-hydrogen) atoms. The van der Waals surface area contributed by atoms with Gasteiger partial charge >= 0.3 is 0 Å². The highest BCUT2D eigenvalue weighted by atomic mass is 79.9. The average Bonchev–Trinajstić information content (AvgIpc) is 2.46. The summed E-state index contributed by atoms with van der Waals surface area (Å²) in [6.07, 6.45) is 0.968. The van der Waals surface area contributed by atoms with Crippen molar-refractivity contribution >= 4 is 43.5 Å². The molecule has 0 bridgehead atoms. The number of hydrogen-bond acceptors (Lipinski definition) is 1. The fourth-order valence-electron chi connectivity index (χ4n) is 2.12. The molecule has 0 aliphatic rings. The molecule has 0 spiro atoms. The van der Waals surface area contributed by atoms with E-state index in [1.165, 1.54) is 11.1 Å². The van der Waals surface area contributed by atoms with Crippen molar-refractivity contribution in [3.63, 3.8) is 0 Å². The second kappa shape index (κ2) is 7.48. The SMILES string of the molecule is COc1ccc(CC(CBr)c2ccc(Cl)cc2)cc1Br. The Labute approximate surface area is 141 Å². The number of methoxy groups -OCH3 is 1. The molecular formula is C16H15Br2ClO. The molecular weight excluding hydrogens is 403 g/mol. The Morgan fingerprint density at radius 3 is 2.40 bits per heavy atom. The van der Waals surface area contributed by atoms with Crippen molar-refractivity contribution in [3.05, 3.63) is 63.1 Å². The van der Waals surface area contributed by atoms with Crippen LogP contribution in [-0.4, -0.2) is 12.4 Å². The number of rotatable bonds is 5. The predicted octanol–water partition coefficient (Wildman–Crippen LogP) is 5.83. The summed E-state index contributed by atoms with van der Waals surface area (Å²) in [5.74, 6) is 1.28. The molecule has 0 radical (unpaired) electrons. The summed E-state index contributed by atoms with van der Waals surface area (Å²) in [4.78, 5) is 0. The minimum absolute atomic E-state index is 0.424. The lowest BCUT2D eigenvalue weighted by atomic mass is 9.94. The van der Waals surface area contributed by atoms with Crippen molar-refractivity contribution in [2.75, 3.05) is 12.4 Å². The van der Waals surface area contributed by atoms with Crippen molar-refractivity contribution < 1.29 is 4.74 Å². The fourth-order valence-corrected chi connectivity index (χ4v) is 3.43. The van der Waals surface area contributed by atoms with Crippen LogP contribution in [0.25, 0.3) is 0 Å². The van der Waals surface area contributed by atoms with Gasteiger partial charge < -0.3 is 4.74 Å². The highest BCUT2D eigenvalue weighted by Gasteiger charge is 2.12. The lowest BCUT2D eigenvalue weighted by Crippen LogP contribution is -2.04. The van der Waals surface area contributed by atoms with Gasteiger partial charge in [0.2, 0.25) is 0 Å². The first-order valence-corrected chi connectivity index (χ1v) is 8.57. The van der Waals surface area contributed by atoms with Crippen molar-refractivity contribution in [1.82, 2.24) is 0 Å². The Hall–Kier alpha value is -0.510. The molecule has 2 rings (SSSR count). The molecule has 0 N–H and O–H groups in total. The Morgan fingerprint density at radius 2 is 1.85 bits per heavy atom. The lowest BCUT2D eigenvalue weighted by Gasteiger charge is -2.15. The highest BCUT2D eigenvalue weighted by Crippen LogP contribution is 2.29. The molecule has 0 heterocycles. The van der Waals surface area contributed by atoms with Gasteiger partial charge in [-0.15, -0.1) is 0 Å². The van der Waals surface area contributed by atoms with E-state index in [2.05, 4.69) is 56.1 Å². The molecule has 1 atom stereocenters. The Balaban J connectivity index is 2.17. The quantitative estimate of drug-likeness (QED) is 0.555. The summed E-state index contributed by atoms with van der Waals surface area (Å²) < 4.78 is 6.25. The molecule has 0 fully saturated rings. The van der Waals surface area contributed by atoms with E-state index < -0.39 is 0 Å². The number of ether oxygens (including phenoxy) is 1. The molecule has 0 saturated heterocycles. The summed E-state index contributed by atoms with van der Waals surface area (Å²) in [5, 5.41) is 1.69. The van der Waals surface area contributed by atoms with E-state index in [1.54, 1.807) is 7.11 Å². The summed E-state index contributed by atoms with van der Waals surface area (Å²) >= 11 is 13.1. The van der Waals surface area contributed by atoms with Crippen LogP contribution in [0.15, 0.2) is 46.9 Å². The zero-order valence-corrected chi connectivity index (χ0v) is 15.0. The molecule has 0 aliphatic heterocycles. The maximum Gasteiger partial charge on any atom is 0.133 e. The van der Waals surface area contributed by atoms with Crippen LogP contribution in [-0.2, 0) is 6.42 Å². The van der Waals surface area contributed by atoms with Crippen LogP contribution in [0.1, 0.15) is 17.0 Å². The minimum Gasteiger partial charge on any atom is -0.496 e. The molecule has 2 aromatic rings. The van der Waals surface area contributed by atoms with E-state index in [0.717, 1.165) is 27.0 Å². The molecule has 4 heteroatoms. The van der Waals surface area contributed by atoms with Gasteiger partial charge in [-0.25, -0.2) is 0 Å². The van der Waals surface area contributed by atoms with Gasteiger partial charge in [-0.3, -0.25) is 0 Å². The normalized spacial score (nSPS) is 12.2. The Morgan fingerprint density at radius 1 is 1.15 bits per heavy atom. The van der Waals surface area contributed by atoms with E-state index in [9.17, 15) is 0 Å². The van der Waals surface area contributed by atoms with E-state index in [1.807, 2.05) is 18.2 Å². The lowest BCUT2D eigenvalue weighted by molar-refractivity contribution is 0.412. The van der Waals surface area contributed by atoms with Gasteiger partial charge in [0.1, 0.15) is 5.75 Å². The zero-order valence-electron chi connectivity index (χ0n) is 11.1. The number of benzene rings is 2. The molecule has 106 valence electrons. The topological polar surface area (TPSA) is 9.23 Å². The van der Waals surface area contributed by atoms with Crippen molar-refractivity contribution in [2.45, 2.75) is 12.3 Å². The molecule has 0 aromatic heterocycles. The van der Waals surface area contributed by atoms with Crippen LogP contribution >= 0.6 is 43.5 Å². The number of halogens is 3.